The Morgan fingerprint density at radius 2 is 2.19 bits per heavy atom. The van der Waals surface area contributed by atoms with Gasteiger partial charge in [-0.25, -0.2) is 9.67 Å². The molecule has 6 nitrogen and oxygen atoms in total. The van der Waals surface area contributed by atoms with Gasteiger partial charge in [-0.15, -0.1) is 11.3 Å². The highest BCUT2D eigenvalue weighted by Crippen LogP contribution is 2.24. The van der Waals surface area contributed by atoms with Gasteiger partial charge < -0.3 is 9.73 Å². The highest BCUT2D eigenvalue weighted by molar-refractivity contribution is 7.13. The van der Waals surface area contributed by atoms with E-state index < -0.39 is 0 Å². The molecule has 0 unspecified atom stereocenters. The van der Waals surface area contributed by atoms with Gasteiger partial charge in [0.1, 0.15) is 5.82 Å². The summed E-state index contributed by atoms with van der Waals surface area (Å²) in [5.74, 6) is 1.25. The number of thiazole rings is 1. The van der Waals surface area contributed by atoms with Gasteiger partial charge >= 0.3 is 0 Å². The first kappa shape index (κ1) is 17.2. The van der Waals surface area contributed by atoms with Crippen LogP contribution in [0.4, 0.5) is 5.82 Å². The summed E-state index contributed by atoms with van der Waals surface area (Å²) in [4.78, 5) is 16.9. The van der Waals surface area contributed by atoms with Crippen LogP contribution in [0.15, 0.2) is 64.7 Å². The topological polar surface area (TPSA) is 73.0 Å². The van der Waals surface area contributed by atoms with Gasteiger partial charge in [-0.3, -0.25) is 4.79 Å². The zero-order chi connectivity index (χ0) is 18.6. The van der Waals surface area contributed by atoms with E-state index in [2.05, 4.69) is 34.5 Å². The van der Waals surface area contributed by atoms with Crippen LogP contribution in [-0.4, -0.2) is 20.7 Å². The van der Waals surface area contributed by atoms with Gasteiger partial charge in [0, 0.05) is 11.4 Å². The fourth-order valence-electron chi connectivity index (χ4n) is 2.80. The Bertz CT molecular complexity index is 1050. The van der Waals surface area contributed by atoms with E-state index in [-0.39, 0.29) is 12.3 Å². The summed E-state index contributed by atoms with van der Waals surface area (Å²) in [7, 11) is 0. The predicted molar refractivity (Wildman–Crippen MR) is 105 cm³/mol. The smallest absolute Gasteiger partial charge is 0.231 e. The number of furan rings is 1. The van der Waals surface area contributed by atoms with Crippen LogP contribution in [0.1, 0.15) is 16.8 Å². The molecule has 3 aromatic heterocycles. The molecular formula is C20H18N4O2S. The van der Waals surface area contributed by atoms with Crippen molar-refractivity contribution in [1.29, 1.82) is 0 Å². The van der Waals surface area contributed by atoms with Crippen molar-refractivity contribution in [2.75, 3.05) is 5.32 Å². The van der Waals surface area contributed by atoms with Crippen LogP contribution in [-0.2, 0) is 17.8 Å². The summed E-state index contributed by atoms with van der Waals surface area (Å²) in [5.41, 5.74) is 3.05. The second kappa shape index (κ2) is 7.59. The molecule has 4 rings (SSSR count). The lowest BCUT2D eigenvalue weighted by Gasteiger charge is -2.09. The molecule has 27 heavy (non-hydrogen) atoms. The molecule has 0 atom stereocenters. The van der Waals surface area contributed by atoms with Gasteiger partial charge in [0.05, 0.1) is 31.1 Å². The number of nitrogens with one attached hydrogen (secondary N) is 1. The van der Waals surface area contributed by atoms with Gasteiger partial charge in [-0.2, -0.15) is 5.10 Å². The minimum atomic E-state index is -0.128. The summed E-state index contributed by atoms with van der Waals surface area (Å²) in [5, 5.41) is 9.88. The highest BCUT2D eigenvalue weighted by atomic mass is 32.1. The molecule has 0 aliphatic rings. The molecule has 0 spiro atoms. The normalized spacial score (nSPS) is 10.9. The van der Waals surface area contributed by atoms with E-state index in [1.54, 1.807) is 23.2 Å². The number of hydrogen-bond acceptors (Lipinski definition) is 5. The van der Waals surface area contributed by atoms with Crippen LogP contribution in [0.3, 0.4) is 0 Å². The van der Waals surface area contributed by atoms with Crippen molar-refractivity contribution in [1.82, 2.24) is 14.8 Å². The lowest BCUT2D eigenvalue weighted by Crippen LogP contribution is -2.18. The summed E-state index contributed by atoms with van der Waals surface area (Å²) in [6.45, 7) is 2.66. The zero-order valence-corrected chi connectivity index (χ0v) is 15.6. The number of aromatic nitrogens is 3. The van der Waals surface area contributed by atoms with Crippen molar-refractivity contribution in [2.24, 2.45) is 0 Å². The fraction of sp³-hybridized carbons (Fsp3) is 0.150. The number of aryl methyl sites for hydroxylation is 1. The van der Waals surface area contributed by atoms with Gasteiger partial charge in [0.2, 0.25) is 5.91 Å². The molecular weight excluding hydrogens is 360 g/mol. The minimum absolute atomic E-state index is 0.128. The summed E-state index contributed by atoms with van der Waals surface area (Å²) >= 11 is 1.46. The van der Waals surface area contributed by atoms with E-state index in [0.717, 1.165) is 10.6 Å². The lowest BCUT2D eigenvalue weighted by molar-refractivity contribution is -0.115. The average molecular weight is 378 g/mol. The first-order valence-electron chi connectivity index (χ1n) is 8.53. The Morgan fingerprint density at radius 3 is 3.00 bits per heavy atom. The number of carbonyl (C=O) groups excluding carboxylic acids is 1. The molecule has 0 fully saturated rings. The summed E-state index contributed by atoms with van der Waals surface area (Å²) in [6.07, 6.45) is 3.49. The number of hydrogen-bond donors (Lipinski definition) is 1. The molecule has 4 aromatic rings. The van der Waals surface area contributed by atoms with E-state index in [4.69, 9.17) is 4.42 Å². The van der Waals surface area contributed by atoms with Crippen molar-refractivity contribution >= 4 is 23.1 Å². The van der Waals surface area contributed by atoms with E-state index in [1.165, 1.54) is 16.9 Å². The number of nitrogens with zero attached hydrogens (tertiary/aromatic N) is 3. The average Bonchev–Trinajstić information content (AvgIpc) is 3.37. The van der Waals surface area contributed by atoms with E-state index in [0.29, 0.717) is 23.8 Å². The van der Waals surface area contributed by atoms with Crippen LogP contribution in [0, 0.1) is 6.92 Å². The van der Waals surface area contributed by atoms with Crippen molar-refractivity contribution in [2.45, 2.75) is 19.9 Å². The van der Waals surface area contributed by atoms with E-state index in [9.17, 15) is 4.79 Å². The van der Waals surface area contributed by atoms with Crippen molar-refractivity contribution in [3.05, 3.63) is 77.1 Å². The predicted octanol–water partition coefficient (Wildman–Crippen LogP) is 4.14. The minimum Gasteiger partial charge on any atom is -0.462 e. The molecule has 7 heteroatoms. The molecule has 1 aromatic carbocycles. The molecule has 0 aliphatic carbocycles. The van der Waals surface area contributed by atoms with Crippen molar-refractivity contribution in [3.63, 3.8) is 0 Å². The fourth-order valence-corrected chi connectivity index (χ4v) is 3.59. The molecule has 0 saturated carbocycles. The van der Waals surface area contributed by atoms with Crippen LogP contribution in [0.5, 0.6) is 0 Å². The molecule has 3 heterocycles. The first-order chi connectivity index (χ1) is 13.2. The van der Waals surface area contributed by atoms with Crippen LogP contribution in [0.2, 0.25) is 0 Å². The number of carbonyl (C=O) groups is 1. The van der Waals surface area contributed by atoms with Crippen LogP contribution in [0.25, 0.3) is 10.8 Å². The Morgan fingerprint density at radius 1 is 1.26 bits per heavy atom. The van der Waals surface area contributed by atoms with Crippen molar-refractivity contribution in [3.8, 4) is 10.8 Å². The Hall–Kier alpha value is -3.19. The molecule has 1 N–H and O–H groups in total. The largest absolute Gasteiger partial charge is 0.462 e. The highest BCUT2D eigenvalue weighted by Gasteiger charge is 2.12. The molecule has 0 radical (unpaired) electrons. The van der Waals surface area contributed by atoms with E-state index >= 15 is 0 Å². The molecule has 1 amide bonds. The number of benzene rings is 1. The zero-order valence-electron chi connectivity index (χ0n) is 14.8. The summed E-state index contributed by atoms with van der Waals surface area (Å²) in [6, 6.07) is 13.7. The Kier molecular flexibility index (Phi) is 4.84. The van der Waals surface area contributed by atoms with Gasteiger partial charge in [-0.1, -0.05) is 29.8 Å². The third kappa shape index (κ3) is 4.15. The maximum Gasteiger partial charge on any atom is 0.231 e. The van der Waals surface area contributed by atoms with Crippen LogP contribution < -0.4 is 5.32 Å². The van der Waals surface area contributed by atoms with Crippen molar-refractivity contribution < 1.29 is 9.21 Å². The third-order valence-corrected chi connectivity index (χ3v) is 4.93. The van der Waals surface area contributed by atoms with E-state index in [1.807, 2.05) is 29.6 Å². The number of anilines is 1. The third-order valence-electron chi connectivity index (χ3n) is 4.02. The lowest BCUT2D eigenvalue weighted by atomic mass is 10.1. The Labute approximate surface area is 160 Å². The maximum absolute atomic E-state index is 12.4. The Balaban J connectivity index is 1.41. The van der Waals surface area contributed by atoms with Gasteiger partial charge in [-0.05, 0) is 24.6 Å². The van der Waals surface area contributed by atoms with Gasteiger partial charge in [0.15, 0.2) is 10.8 Å². The molecule has 136 valence electrons. The SMILES string of the molecule is Cc1cccc(Cn2nccc2NC(=O)Cc2csc(-c3ccco3)n2)c1. The monoisotopic (exact) mass is 378 g/mol. The van der Waals surface area contributed by atoms with Gasteiger partial charge in [0.25, 0.3) is 0 Å². The molecule has 0 bridgehead atoms. The number of amides is 1. The second-order valence-corrected chi connectivity index (χ2v) is 7.07. The van der Waals surface area contributed by atoms with Crippen LogP contribution >= 0.6 is 11.3 Å². The molecule has 0 aliphatic heterocycles. The first-order valence-corrected chi connectivity index (χ1v) is 9.41. The maximum atomic E-state index is 12.4. The molecule has 0 saturated heterocycles. The standard InChI is InChI=1S/C20H18N4O2S/c1-14-4-2-5-15(10-14)12-24-18(7-8-21-24)23-19(25)11-16-13-27-20(22-16)17-6-3-9-26-17/h2-10,13H,11-12H2,1H3,(H,23,25). The second-order valence-electron chi connectivity index (χ2n) is 6.21. The quantitative estimate of drug-likeness (QED) is 0.547. The number of rotatable bonds is 6. The summed E-state index contributed by atoms with van der Waals surface area (Å²) < 4.78 is 7.12.